The Labute approximate surface area is 184 Å². The summed E-state index contributed by atoms with van der Waals surface area (Å²) >= 11 is 0. The van der Waals surface area contributed by atoms with E-state index < -0.39 is 10.0 Å². The van der Waals surface area contributed by atoms with E-state index in [1.807, 2.05) is 49.4 Å². The van der Waals surface area contributed by atoms with E-state index in [-0.39, 0.29) is 11.7 Å². The van der Waals surface area contributed by atoms with E-state index in [2.05, 4.69) is 5.32 Å². The third-order valence-electron chi connectivity index (χ3n) is 5.13. The first-order valence-electron chi connectivity index (χ1n) is 10.5. The van der Waals surface area contributed by atoms with E-state index in [9.17, 15) is 13.2 Å². The van der Waals surface area contributed by atoms with Crippen LogP contribution in [0.5, 0.6) is 5.75 Å². The summed E-state index contributed by atoms with van der Waals surface area (Å²) < 4.78 is 37.8. The first-order chi connectivity index (χ1) is 14.9. The van der Waals surface area contributed by atoms with Gasteiger partial charge in [-0.15, -0.1) is 0 Å². The molecule has 0 unspecified atom stereocenters. The SMILES string of the molecule is Cc1ccc(OCCCC(=O)NCc2ccccc2CS(=O)(=O)N2CCOCC2)cc1. The fourth-order valence-electron chi connectivity index (χ4n) is 3.32. The van der Waals surface area contributed by atoms with Gasteiger partial charge in [0, 0.05) is 26.1 Å². The van der Waals surface area contributed by atoms with Crippen LogP contribution in [0.4, 0.5) is 0 Å². The quantitative estimate of drug-likeness (QED) is 0.567. The number of ether oxygens (including phenoxy) is 2. The lowest BCUT2D eigenvalue weighted by molar-refractivity contribution is -0.121. The smallest absolute Gasteiger partial charge is 0.220 e. The maximum Gasteiger partial charge on any atom is 0.220 e. The number of nitrogens with zero attached hydrogens (tertiary/aromatic N) is 1. The number of sulfonamides is 1. The Morgan fingerprint density at radius 2 is 1.74 bits per heavy atom. The minimum absolute atomic E-state index is 0.0799. The van der Waals surface area contributed by atoms with E-state index in [0.29, 0.717) is 57.9 Å². The van der Waals surface area contributed by atoms with Gasteiger partial charge in [0.2, 0.25) is 15.9 Å². The van der Waals surface area contributed by atoms with Crippen LogP contribution in [-0.2, 0) is 31.9 Å². The highest BCUT2D eigenvalue weighted by Crippen LogP contribution is 2.17. The molecule has 7 nitrogen and oxygen atoms in total. The Kier molecular flexibility index (Phi) is 8.45. The molecule has 31 heavy (non-hydrogen) atoms. The van der Waals surface area contributed by atoms with Crippen LogP contribution in [0.15, 0.2) is 48.5 Å². The Morgan fingerprint density at radius 1 is 1.06 bits per heavy atom. The lowest BCUT2D eigenvalue weighted by atomic mass is 10.1. The molecule has 1 amide bonds. The van der Waals surface area contributed by atoms with Crippen LogP contribution in [0.25, 0.3) is 0 Å². The van der Waals surface area contributed by atoms with Crippen molar-refractivity contribution < 1.29 is 22.7 Å². The molecule has 1 saturated heterocycles. The molecule has 1 aliphatic heterocycles. The van der Waals surface area contributed by atoms with Gasteiger partial charge in [0.15, 0.2) is 0 Å². The molecular weight excluding hydrogens is 416 g/mol. The summed E-state index contributed by atoms with van der Waals surface area (Å²) in [5.41, 5.74) is 2.69. The monoisotopic (exact) mass is 446 g/mol. The minimum atomic E-state index is -3.42. The van der Waals surface area contributed by atoms with Crippen LogP contribution < -0.4 is 10.1 Å². The molecule has 0 bridgehead atoms. The topological polar surface area (TPSA) is 84.9 Å². The van der Waals surface area contributed by atoms with Gasteiger partial charge >= 0.3 is 0 Å². The lowest BCUT2D eigenvalue weighted by Gasteiger charge is -2.26. The number of hydrogen-bond donors (Lipinski definition) is 1. The second kappa shape index (κ2) is 11.3. The molecule has 0 saturated carbocycles. The Morgan fingerprint density at radius 3 is 2.45 bits per heavy atom. The molecule has 1 heterocycles. The number of amides is 1. The zero-order chi connectivity index (χ0) is 22.1. The van der Waals surface area contributed by atoms with Crippen LogP contribution in [0, 0.1) is 6.92 Å². The van der Waals surface area contributed by atoms with Crippen molar-refractivity contribution in [3.63, 3.8) is 0 Å². The molecule has 0 radical (unpaired) electrons. The molecule has 168 valence electrons. The van der Waals surface area contributed by atoms with E-state index in [1.54, 1.807) is 6.07 Å². The number of aryl methyl sites for hydroxylation is 1. The summed E-state index contributed by atoms with van der Waals surface area (Å²) in [5, 5.41) is 2.89. The van der Waals surface area contributed by atoms with E-state index >= 15 is 0 Å². The first kappa shape index (κ1) is 23.2. The lowest BCUT2D eigenvalue weighted by Crippen LogP contribution is -2.41. The molecular formula is C23H30N2O5S. The predicted octanol–water partition coefficient (Wildman–Crippen LogP) is 2.63. The van der Waals surface area contributed by atoms with Crippen molar-refractivity contribution in [1.82, 2.24) is 9.62 Å². The van der Waals surface area contributed by atoms with Crippen LogP contribution in [0.1, 0.15) is 29.5 Å². The molecule has 3 rings (SSSR count). The molecule has 0 aliphatic carbocycles. The van der Waals surface area contributed by atoms with Gasteiger partial charge in [-0.25, -0.2) is 8.42 Å². The number of hydrogen-bond acceptors (Lipinski definition) is 5. The fraction of sp³-hybridized carbons (Fsp3) is 0.435. The van der Waals surface area contributed by atoms with Crippen molar-refractivity contribution in [1.29, 1.82) is 0 Å². The van der Waals surface area contributed by atoms with Crippen LogP contribution in [-0.4, -0.2) is 51.5 Å². The van der Waals surface area contributed by atoms with E-state index in [0.717, 1.165) is 11.3 Å². The Hall–Kier alpha value is -2.42. The molecule has 2 aromatic carbocycles. The average molecular weight is 447 g/mol. The molecule has 0 aromatic heterocycles. The minimum Gasteiger partial charge on any atom is -0.494 e. The number of benzene rings is 2. The van der Waals surface area contributed by atoms with E-state index in [1.165, 1.54) is 9.87 Å². The summed E-state index contributed by atoms with van der Waals surface area (Å²) in [6.07, 6.45) is 0.951. The van der Waals surface area contributed by atoms with Crippen LogP contribution >= 0.6 is 0 Å². The summed E-state index contributed by atoms with van der Waals surface area (Å²) in [6.45, 7) is 4.38. The van der Waals surface area contributed by atoms with Crippen molar-refractivity contribution in [2.24, 2.45) is 0 Å². The Bertz CT molecular complexity index is 954. The number of carbonyl (C=O) groups excluding carboxylic acids is 1. The molecule has 8 heteroatoms. The highest BCUT2D eigenvalue weighted by Gasteiger charge is 2.25. The van der Waals surface area contributed by atoms with Crippen LogP contribution in [0.2, 0.25) is 0 Å². The average Bonchev–Trinajstić information content (AvgIpc) is 2.78. The second-order valence-corrected chi connectivity index (χ2v) is 9.55. The summed E-state index contributed by atoms with van der Waals surface area (Å²) in [7, 11) is -3.42. The van der Waals surface area contributed by atoms with Crippen LogP contribution in [0.3, 0.4) is 0 Å². The van der Waals surface area contributed by atoms with Gasteiger partial charge < -0.3 is 14.8 Å². The third kappa shape index (κ3) is 7.34. The van der Waals surface area contributed by atoms with Crippen molar-refractivity contribution in [3.05, 3.63) is 65.2 Å². The molecule has 1 N–H and O–H groups in total. The summed E-state index contributed by atoms with van der Waals surface area (Å²) in [6, 6.07) is 15.1. The van der Waals surface area contributed by atoms with Gasteiger partial charge in [0.25, 0.3) is 0 Å². The summed E-state index contributed by atoms with van der Waals surface area (Å²) in [5.74, 6) is 0.628. The number of morpholine rings is 1. The maximum absolute atomic E-state index is 12.7. The van der Waals surface area contributed by atoms with Crippen molar-refractivity contribution in [2.75, 3.05) is 32.9 Å². The number of nitrogens with one attached hydrogen (secondary N) is 1. The Balaban J connectivity index is 1.45. The highest BCUT2D eigenvalue weighted by atomic mass is 32.2. The van der Waals surface area contributed by atoms with Gasteiger partial charge in [-0.05, 0) is 36.6 Å². The largest absolute Gasteiger partial charge is 0.494 e. The maximum atomic E-state index is 12.7. The third-order valence-corrected chi connectivity index (χ3v) is 6.96. The first-order valence-corrected chi connectivity index (χ1v) is 12.1. The van der Waals surface area contributed by atoms with Gasteiger partial charge in [-0.1, -0.05) is 42.0 Å². The van der Waals surface area contributed by atoms with Gasteiger partial charge in [-0.2, -0.15) is 4.31 Å². The zero-order valence-corrected chi connectivity index (χ0v) is 18.7. The summed E-state index contributed by atoms with van der Waals surface area (Å²) in [4.78, 5) is 12.2. The molecule has 1 aliphatic rings. The van der Waals surface area contributed by atoms with Gasteiger partial charge in [0.05, 0.1) is 25.6 Å². The van der Waals surface area contributed by atoms with E-state index in [4.69, 9.17) is 9.47 Å². The number of rotatable bonds is 10. The van der Waals surface area contributed by atoms with Gasteiger partial charge in [0.1, 0.15) is 5.75 Å². The molecule has 1 fully saturated rings. The van der Waals surface area contributed by atoms with Crippen molar-refractivity contribution in [2.45, 2.75) is 32.1 Å². The standard InChI is InChI=1S/C23H30N2O5S/c1-19-8-10-22(11-9-19)30-14-4-7-23(26)24-17-20-5-2-3-6-21(20)18-31(27,28)25-12-15-29-16-13-25/h2-3,5-6,8-11H,4,7,12-18H2,1H3,(H,24,26). The molecule has 2 aromatic rings. The fourth-order valence-corrected chi connectivity index (χ4v) is 4.89. The molecule has 0 atom stereocenters. The highest BCUT2D eigenvalue weighted by molar-refractivity contribution is 7.88. The predicted molar refractivity (Wildman–Crippen MR) is 119 cm³/mol. The second-order valence-electron chi connectivity index (χ2n) is 7.58. The zero-order valence-electron chi connectivity index (χ0n) is 17.9. The van der Waals surface area contributed by atoms with Crippen molar-refractivity contribution in [3.8, 4) is 5.75 Å². The van der Waals surface area contributed by atoms with Gasteiger partial charge in [-0.3, -0.25) is 4.79 Å². The number of carbonyl (C=O) groups is 1. The molecule has 0 spiro atoms. The van der Waals surface area contributed by atoms with Crippen molar-refractivity contribution >= 4 is 15.9 Å². The normalized spacial score (nSPS) is 14.9.